The summed E-state index contributed by atoms with van der Waals surface area (Å²) in [7, 11) is 2.95. The molecule has 0 radical (unpaired) electrons. The lowest BCUT2D eigenvalue weighted by atomic mass is 9.94. The standard InChI is InChI=1S/C14H21NO3/c1-10-8-6-7-9-12(10)15-14(3,11(2)17-4)13(16)18-5/h6-9,11,15H,1-5H3. The zero-order valence-electron chi connectivity index (χ0n) is 11.6. The van der Waals surface area contributed by atoms with E-state index in [1.807, 2.05) is 38.1 Å². The molecule has 0 spiro atoms. The van der Waals surface area contributed by atoms with Gasteiger partial charge in [0.15, 0.2) is 5.54 Å². The Hall–Kier alpha value is -1.55. The maximum absolute atomic E-state index is 12.0. The van der Waals surface area contributed by atoms with Crippen molar-refractivity contribution in [2.24, 2.45) is 0 Å². The first-order chi connectivity index (χ1) is 8.45. The van der Waals surface area contributed by atoms with E-state index in [0.717, 1.165) is 11.3 Å². The number of anilines is 1. The van der Waals surface area contributed by atoms with Gasteiger partial charge in [-0.3, -0.25) is 0 Å². The van der Waals surface area contributed by atoms with Gasteiger partial charge in [0, 0.05) is 12.8 Å². The van der Waals surface area contributed by atoms with Gasteiger partial charge < -0.3 is 14.8 Å². The zero-order chi connectivity index (χ0) is 13.8. The van der Waals surface area contributed by atoms with E-state index in [-0.39, 0.29) is 12.1 Å². The van der Waals surface area contributed by atoms with Crippen LogP contribution in [0.3, 0.4) is 0 Å². The minimum absolute atomic E-state index is 0.315. The topological polar surface area (TPSA) is 47.6 Å². The van der Waals surface area contributed by atoms with Crippen molar-refractivity contribution in [3.63, 3.8) is 0 Å². The summed E-state index contributed by atoms with van der Waals surface area (Å²) in [5.74, 6) is -0.347. The predicted octanol–water partition coefficient (Wildman–Crippen LogP) is 2.37. The number of para-hydroxylation sites is 1. The predicted molar refractivity (Wildman–Crippen MR) is 71.7 cm³/mol. The van der Waals surface area contributed by atoms with Crippen LogP contribution >= 0.6 is 0 Å². The molecule has 2 unspecified atom stereocenters. The van der Waals surface area contributed by atoms with Gasteiger partial charge >= 0.3 is 5.97 Å². The highest BCUT2D eigenvalue weighted by atomic mass is 16.5. The molecule has 1 aromatic carbocycles. The molecule has 0 heterocycles. The minimum Gasteiger partial charge on any atom is -0.467 e. The smallest absolute Gasteiger partial charge is 0.333 e. The zero-order valence-corrected chi connectivity index (χ0v) is 11.6. The van der Waals surface area contributed by atoms with E-state index >= 15 is 0 Å². The number of nitrogens with one attached hydrogen (secondary N) is 1. The lowest BCUT2D eigenvalue weighted by Gasteiger charge is -2.34. The van der Waals surface area contributed by atoms with Gasteiger partial charge in [-0.2, -0.15) is 0 Å². The van der Waals surface area contributed by atoms with Crippen molar-refractivity contribution >= 4 is 11.7 Å². The van der Waals surface area contributed by atoms with Gasteiger partial charge in [-0.25, -0.2) is 4.79 Å². The molecule has 100 valence electrons. The number of carbonyl (C=O) groups excluding carboxylic acids is 1. The van der Waals surface area contributed by atoms with Crippen LogP contribution in [0.5, 0.6) is 0 Å². The lowest BCUT2D eigenvalue weighted by molar-refractivity contribution is -0.149. The molecule has 0 fully saturated rings. The summed E-state index contributed by atoms with van der Waals surface area (Å²) >= 11 is 0. The van der Waals surface area contributed by atoms with Crippen LogP contribution in [-0.4, -0.2) is 31.8 Å². The summed E-state index contributed by atoms with van der Waals surface area (Å²) in [4.78, 5) is 12.0. The monoisotopic (exact) mass is 251 g/mol. The van der Waals surface area contributed by atoms with Crippen molar-refractivity contribution < 1.29 is 14.3 Å². The van der Waals surface area contributed by atoms with E-state index in [9.17, 15) is 4.79 Å². The molecule has 0 saturated carbocycles. The molecule has 1 rings (SSSR count). The highest BCUT2D eigenvalue weighted by Gasteiger charge is 2.40. The quantitative estimate of drug-likeness (QED) is 0.816. The first kappa shape index (κ1) is 14.5. The van der Waals surface area contributed by atoms with Crippen molar-refractivity contribution in [1.29, 1.82) is 0 Å². The van der Waals surface area contributed by atoms with Crippen LogP contribution in [0.15, 0.2) is 24.3 Å². The Balaban J connectivity index is 3.06. The third-order valence-electron chi connectivity index (χ3n) is 3.32. The van der Waals surface area contributed by atoms with Gasteiger partial charge in [0.25, 0.3) is 0 Å². The van der Waals surface area contributed by atoms with E-state index in [2.05, 4.69) is 5.32 Å². The molecule has 1 N–H and O–H groups in total. The number of aryl methyl sites for hydroxylation is 1. The fourth-order valence-electron chi connectivity index (χ4n) is 1.76. The first-order valence-corrected chi connectivity index (χ1v) is 5.90. The van der Waals surface area contributed by atoms with E-state index in [4.69, 9.17) is 9.47 Å². The van der Waals surface area contributed by atoms with Crippen molar-refractivity contribution in [1.82, 2.24) is 0 Å². The number of rotatable bonds is 5. The molecule has 1 aromatic rings. The van der Waals surface area contributed by atoms with Crippen LogP contribution in [0.25, 0.3) is 0 Å². The van der Waals surface area contributed by atoms with E-state index in [0.29, 0.717) is 0 Å². The molecule has 18 heavy (non-hydrogen) atoms. The number of benzene rings is 1. The van der Waals surface area contributed by atoms with Gasteiger partial charge in [0.2, 0.25) is 0 Å². The number of hydrogen-bond acceptors (Lipinski definition) is 4. The first-order valence-electron chi connectivity index (χ1n) is 5.90. The highest BCUT2D eigenvalue weighted by molar-refractivity contribution is 5.85. The summed E-state index contributed by atoms with van der Waals surface area (Å²) in [6.45, 7) is 5.60. The van der Waals surface area contributed by atoms with Gasteiger partial charge in [-0.05, 0) is 32.4 Å². The third-order valence-corrected chi connectivity index (χ3v) is 3.32. The molecule has 4 heteroatoms. The molecule has 0 aliphatic heterocycles. The van der Waals surface area contributed by atoms with Crippen LogP contribution in [0.1, 0.15) is 19.4 Å². The van der Waals surface area contributed by atoms with Crippen LogP contribution in [-0.2, 0) is 14.3 Å². The molecule has 2 atom stereocenters. The molecule has 0 saturated heterocycles. The number of methoxy groups -OCH3 is 2. The fraction of sp³-hybridized carbons (Fsp3) is 0.500. The second kappa shape index (κ2) is 5.87. The Labute approximate surface area is 108 Å². The summed E-state index contributed by atoms with van der Waals surface area (Å²) in [5, 5.41) is 3.23. The Morgan fingerprint density at radius 2 is 1.94 bits per heavy atom. The van der Waals surface area contributed by atoms with Gasteiger partial charge in [-0.1, -0.05) is 18.2 Å². The van der Waals surface area contributed by atoms with Crippen LogP contribution < -0.4 is 5.32 Å². The second-order valence-corrected chi connectivity index (χ2v) is 4.51. The van der Waals surface area contributed by atoms with Crippen molar-refractivity contribution in [2.75, 3.05) is 19.5 Å². The summed E-state index contributed by atoms with van der Waals surface area (Å²) in [6, 6.07) is 7.79. The van der Waals surface area contributed by atoms with Crippen LogP contribution in [0.2, 0.25) is 0 Å². The van der Waals surface area contributed by atoms with E-state index < -0.39 is 5.54 Å². The summed E-state index contributed by atoms with van der Waals surface area (Å²) in [6.07, 6.45) is -0.315. The van der Waals surface area contributed by atoms with Crippen LogP contribution in [0.4, 0.5) is 5.69 Å². The number of carbonyl (C=O) groups is 1. The number of ether oxygens (including phenoxy) is 2. The Bertz CT molecular complexity index is 419. The van der Waals surface area contributed by atoms with Crippen molar-refractivity contribution in [3.05, 3.63) is 29.8 Å². The largest absolute Gasteiger partial charge is 0.467 e. The molecule has 0 amide bonds. The number of esters is 1. The van der Waals surface area contributed by atoms with Gasteiger partial charge in [0.05, 0.1) is 13.2 Å². The normalized spacial score (nSPS) is 15.6. The fourth-order valence-corrected chi connectivity index (χ4v) is 1.76. The van der Waals surface area contributed by atoms with E-state index in [1.165, 1.54) is 7.11 Å². The Kier molecular flexibility index (Phi) is 4.73. The summed E-state index contributed by atoms with van der Waals surface area (Å²) < 4.78 is 10.2. The maximum Gasteiger partial charge on any atom is 0.333 e. The Morgan fingerprint density at radius 3 is 2.44 bits per heavy atom. The molecule has 0 aromatic heterocycles. The number of hydrogen-bond donors (Lipinski definition) is 1. The van der Waals surface area contributed by atoms with Gasteiger partial charge in [0.1, 0.15) is 0 Å². The molecule has 0 aliphatic carbocycles. The SMILES string of the molecule is COC(=O)C(C)(Nc1ccccc1C)C(C)OC. The highest BCUT2D eigenvalue weighted by Crippen LogP contribution is 2.24. The lowest BCUT2D eigenvalue weighted by Crippen LogP contribution is -2.53. The average Bonchev–Trinajstić information content (AvgIpc) is 2.39. The van der Waals surface area contributed by atoms with Crippen LogP contribution in [0, 0.1) is 6.92 Å². The molecule has 4 nitrogen and oxygen atoms in total. The Morgan fingerprint density at radius 1 is 1.33 bits per heavy atom. The average molecular weight is 251 g/mol. The van der Waals surface area contributed by atoms with Crippen molar-refractivity contribution in [3.8, 4) is 0 Å². The molecular weight excluding hydrogens is 230 g/mol. The molecule has 0 aliphatic rings. The summed E-state index contributed by atoms with van der Waals surface area (Å²) in [5.41, 5.74) is 1.04. The van der Waals surface area contributed by atoms with Crippen molar-refractivity contribution in [2.45, 2.75) is 32.4 Å². The minimum atomic E-state index is -0.921. The molecular formula is C14H21NO3. The maximum atomic E-state index is 12.0. The second-order valence-electron chi connectivity index (χ2n) is 4.51. The third kappa shape index (κ3) is 2.82. The molecule has 0 bridgehead atoms. The van der Waals surface area contributed by atoms with E-state index in [1.54, 1.807) is 14.0 Å². The van der Waals surface area contributed by atoms with Gasteiger partial charge in [-0.15, -0.1) is 0 Å².